The molecule has 0 amide bonds. The van der Waals surface area contributed by atoms with Crippen molar-refractivity contribution in [1.29, 1.82) is 0 Å². The van der Waals surface area contributed by atoms with Crippen LogP contribution in [-0.2, 0) is 16.4 Å². The van der Waals surface area contributed by atoms with Crippen LogP contribution in [0.4, 0.5) is 5.69 Å². The van der Waals surface area contributed by atoms with Crippen LogP contribution >= 0.6 is 23.2 Å². The van der Waals surface area contributed by atoms with Gasteiger partial charge in [0.05, 0.1) is 20.6 Å². The van der Waals surface area contributed by atoms with Gasteiger partial charge in [-0.1, -0.05) is 41.4 Å². The molecule has 0 saturated heterocycles. The maximum Gasteiger partial charge on any atom is 0.261 e. The summed E-state index contributed by atoms with van der Waals surface area (Å²) in [6, 6.07) is 11.3. The monoisotopic (exact) mass is 344 g/mol. The van der Waals surface area contributed by atoms with Crippen LogP contribution in [0.25, 0.3) is 0 Å². The third-order valence-electron chi connectivity index (χ3n) is 2.87. The van der Waals surface area contributed by atoms with E-state index in [0.717, 1.165) is 5.56 Å². The van der Waals surface area contributed by atoms with Gasteiger partial charge in [-0.25, -0.2) is 8.42 Å². The number of benzene rings is 2. The molecule has 0 bridgehead atoms. The minimum Gasteiger partial charge on any atom is -0.330 e. The van der Waals surface area contributed by atoms with E-state index in [1.54, 1.807) is 30.3 Å². The van der Waals surface area contributed by atoms with Crippen LogP contribution in [0.3, 0.4) is 0 Å². The lowest BCUT2D eigenvalue weighted by atomic mass is 10.2. The highest BCUT2D eigenvalue weighted by molar-refractivity contribution is 7.92. The molecule has 2 rings (SSSR count). The molecule has 0 spiro atoms. The summed E-state index contributed by atoms with van der Waals surface area (Å²) in [4.78, 5) is 0.138. The number of nitrogens with two attached hydrogens (primary N) is 1. The van der Waals surface area contributed by atoms with Crippen molar-refractivity contribution in [3.8, 4) is 0 Å². The first-order valence-electron chi connectivity index (χ1n) is 6.20. The normalized spacial score (nSPS) is 11.4. The summed E-state index contributed by atoms with van der Waals surface area (Å²) in [5.74, 6) is 0. The molecule has 112 valence electrons. The van der Waals surface area contributed by atoms with Gasteiger partial charge in [0.25, 0.3) is 10.0 Å². The Morgan fingerprint density at radius 1 is 1.00 bits per heavy atom. The molecular weight excluding hydrogens is 331 g/mol. The molecule has 0 fully saturated rings. The molecule has 21 heavy (non-hydrogen) atoms. The molecule has 0 aromatic heterocycles. The highest BCUT2D eigenvalue weighted by atomic mass is 35.5. The van der Waals surface area contributed by atoms with Gasteiger partial charge < -0.3 is 5.73 Å². The van der Waals surface area contributed by atoms with Crippen molar-refractivity contribution in [3.05, 3.63) is 58.1 Å². The molecule has 2 aromatic rings. The second-order valence-corrected chi connectivity index (χ2v) is 6.88. The van der Waals surface area contributed by atoms with Crippen LogP contribution in [0.1, 0.15) is 5.56 Å². The molecule has 7 heteroatoms. The Hall–Kier alpha value is -1.27. The van der Waals surface area contributed by atoms with Gasteiger partial charge in [0, 0.05) is 0 Å². The van der Waals surface area contributed by atoms with Crippen molar-refractivity contribution in [3.63, 3.8) is 0 Å². The predicted molar refractivity (Wildman–Crippen MR) is 86.5 cm³/mol. The van der Waals surface area contributed by atoms with Gasteiger partial charge in [-0.3, -0.25) is 4.72 Å². The number of hydrogen-bond acceptors (Lipinski definition) is 3. The maximum absolute atomic E-state index is 12.3. The molecule has 4 nitrogen and oxygen atoms in total. The number of sulfonamides is 1. The number of nitrogens with one attached hydrogen (secondary N) is 1. The molecule has 0 heterocycles. The fourth-order valence-electron chi connectivity index (χ4n) is 1.79. The summed E-state index contributed by atoms with van der Waals surface area (Å²) in [5.41, 5.74) is 6.61. The number of hydrogen-bond donors (Lipinski definition) is 2. The van der Waals surface area contributed by atoms with Gasteiger partial charge in [0.2, 0.25) is 0 Å². The summed E-state index contributed by atoms with van der Waals surface area (Å²) in [6.07, 6.45) is 0.699. The average molecular weight is 345 g/mol. The summed E-state index contributed by atoms with van der Waals surface area (Å²) < 4.78 is 27.1. The van der Waals surface area contributed by atoms with Gasteiger partial charge in [0.1, 0.15) is 0 Å². The minimum absolute atomic E-state index is 0.138. The summed E-state index contributed by atoms with van der Waals surface area (Å²) >= 11 is 11.9. The molecule has 0 aliphatic rings. The lowest BCUT2D eigenvalue weighted by Gasteiger charge is -2.11. The Balaban J connectivity index is 2.30. The van der Waals surface area contributed by atoms with Crippen LogP contribution in [0.5, 0.6) is 0 Å². The molecule has 0 aliphatic carbocycles. The topological polar surface area (TPSA) is 72.2 Å². The largest absolute Gasteiger partial charge is 0.330 e. The van der Waals surface area contributed by atoms with E-state index in [0.29, 0.717) is 13.0 Å². The number of rotatable bonds is 5. The van der Waals surface area contributed by atoms with E-state index in [1.165, 1.54) is 12.1 Å². The van der Waals surface area contributed by atoms with Crippen LogP contribution in [-0.4, -0.2) is 15.0 Å². The third-order valence-corrected chi connectivity index (χ3v) is 4.86. The lowest BCUT2D eigenvalue weighted by molar-refractivity contribution is 0.601. The second kappa shape index (κ2) is 6.66. The predicted octanol–water partition coefficient (Wildman–Crippen LogP) is 3.30. The van der Waals surface area contributed by atoms with Crippen LogP contribution < -0.4 is 10.5 Å². The Bertz CT molecular complexity index is 711. The van der Waals surface area contributed by atoms with Crippen LogP contribution in [0.15, 0.2) is 47.4 Å². The van der Waals surface area contributed by atoms with Crippen molar-refractivity contribution in [2.45, 2.75) is 11.3 Å². The molecule has 0 unspecified atom stereocenters. The molecule has 0 saturated carbocycles. The molecule has 0 atom stereocenters. The Kier molecular flexibility index (Phi) is 5.11. The van der Waals surface area contributed by atoms with Crippen molar-refractivity contribution >= 4 is 38.9 Å². The van der Waals surface area contributed by atoms with E-state index >= 15 is 0 Å². The Labute approximate surface area is 133 Å². The highest BCUT2D eigenvalue weighted by Gasteiger charge is 2.17. The molecule has 3 N–H and O–H groups in total. The van der Waals surface area contributed by atoms with Crippen molar-refractivity contribution in [2.24, 2.45) is 5.73 Å². The van der Waals surface area contributed by atoms with E-state index in [4.69, 9.17) is 28.9 Å². The van der Waals surface area contributed by atoms with Crippen LogP contribution in [0.2, 0.25) is 10.0 Å². The molecular formula is C14H14Cl2N2O2S. The smallest absolute Gasteiger partial charge is 0.261 e. The average Bonchev–Trinajstić information content (AvgIpc) is 2.44. The minimum atomic E-state index is -3.74. The quantitative estimate of drug-likeness (QED) is 0.873. The van der Waals surface area contributed by atoms with Crippen molar-refractivity contribution in [1.82, 2.24) is 0 Å². The number of halogens is 2. The second-order valence-electron chi connectivity index (χ2n) is 4.38. The molecule has 0 aliphatic heterocycles. The van der Waals surface area contributed by atoms with E-state index < -0.39 is 10.0 Å². The fraction of sp³-hybridized carbons (Fsp3) is 0.143. The maximum atomic E-state index is 12.3. The first kappa shape index (κ1) is 16.1. The van der Waals surface area contributed by atoms with Crippen molar-refractivity contribution < 1.29 is 8.42 Å². The van der Waals surface area contributed by atoms with Gasteiger partial charge in [0.15, 0.2) is 0 Å². The number of para-hydroxylation sites is 1. The first-order chi connectivity index (χ1) is 9.94. The van der Waals surface area contributed by atoms with Gasteiger partial charge in [-0.05, 0) is 42.8 Å². The summed E-state index contributed by atoms with van der Waals surface area (Å²) in [7, 11) is -3.74. The SMILES string of the molecule is NCCc1ccc(S(=O)(=O)Nc2c(Cl)cccc2Cl)cc1. The van der Waals surface area contributed by atoms with E-state index in [1.807, 2.05) is 0 Å². The Morgan fingerprint density at radius 2 is 1.57 bits per heavy atom. The van der Waals surface area contributed by atoms with Crippen LogP contribution in [0, 0.1) is 0 Å². The third kappa shape index (κ3) is 3.89. The van der Waals surface area contributed by atoms with Crippen molar-refractivity contribution in [2.75, 3.05) is 11.3 Å². The van der Waals surface area contributed by atoms with Gasteiger partial charge in [-0.15, -0.1) is 0 Å². The van der Waals surface area contributed by atoms with E-state index in [9.17, 15) is 8.42 Å². The Morgan fingerprint density at radius 3 is 2.10 bits per heavy atom. The zero-order valence-electron chi connectivity index (χ0n) is 11.0. The lowest BCUT2D eigenvalue weighted by Crippen LogP contribution is -2.13. The summed E-state index contributed by atoms with van der Waals surface area (Å²) in [6.45, 7) is 0.513. The molecule has 0 radical (unpaired) electrons. The zero-order chi connectivity index (χ0) is 15.5. The fourth-order valence-corrected chi connectivity index (χ4v) is 3.50. The number of anilines is 1. The van der Waals surface area contributed by atoms with E-state index in [-0.39, 0.29) is 20.6 Å². The van der Waals surface area contributed by atoms with Gasteiger partial charge >= 0.3 is 0 Å². The zero-order valence-corrected chi connectivity index (χ0v) is 13.3. The highest BCUT2D eigenvalue weighted by Crippen LogP contribution is 2.31. The van der Waals surface area contributed by atoms with Gasteiger partial charge in [-0.2, -0.15) is 0 Å². The summed E-state index contributed by atoms with van der Waals surface area (Å²) in [5, 5.41) is 0.483. The first-order valence-corrected chi connectivity index (χ1v) is 8.44. The standard InChI is InChI=1S/C14H14Cl2N2O2S/c15-12-2-1-3-13(16)14(12)18-21(19,20)11-6-4-10(5-7-11)8-9-17/h1-7,18H,8-9,17H2. The molecule has 2 aromatic carbocycles. The van der Waals surface area contributed by atoms with E-state index in [2.05, 4.69) is 4.72 Å².